The summed E-state index contributed by atoms with van der Waals surface area (Å²) in [6.07, 6.45) is -16.6. The number of hydrogen-bond donors (Lipinski definition) is 13. The van der Waals surface area contributed by atoms with Crippen LogP contribution in [0.4, 0.5) is 0 Å². The van der Waals surface area contributed by atoms with E-state index >= 15 is 0 Å². The summed E-state index contributed by atoms with van der Waals surface area (Å²) in [5.74, 6) is -3.41. The Labute approximate surface area is 291 Å². The zero-order valence-electron chi connectivity index (χ0n) is 29.3. The Balaban J connectivity index is 1.66. The fourth-order valence-electron chi connectivity index (χ4n) is 7.62. The first-order valence-electron chi connectivity index (χ1n) is 17.2. The third-order valence-electron chi connectivity index (χ3n) is 10.4. The average molecular weight is 728 g/mol. The lowest BCUT2D eigenvalue weighted by Gasteiger charge is -2.53. The van der Waals surface area contributed by atoms with Crippen molar-refractivity contribution in [2.45, 2.75) is 168 Å². The number of rotatable bonds is 11. The van der Waals surface area contributed by atoms with Gasteiger partial charge in [0.1, 0.15) is 54.9 Å². The molecule has 3 saturated heterocycles. The van der Waals surface area contributed by atoms with Crippen LogP contribution in [0.15, 0.2) is 0 Å². The number of nitrogens with two attached hydrogens (primary N) is 5. The fourth-order valence-corrected chi connectivity index (χ4v) is 7.62. The molecule has 18 N–H and O–H groups in total. The highest BCUT2D eigenvalue weighted by Crippen LogP contribution is 2.43. The lowest BCUT2D eigenvalue weighted by molar-refractivity contribution is -0.392. The molecule has 0 amide bonds. The number of ether oxygens (including phenoxy) is 6. The summed E-state index contributed by atoms with van der Waals surface area (Å²) in [6, 6.07) is -4.39. The Bertz CT molecular complexity index is 1100. The van der Waals surface area contributed by atoms with E-state index in [4.69, 9.17) is 57.1 Å². The molecule has 8 unspecified atom stereocenters. The first kappa shape index (κ1) is 42.0. The largest absolute Gasteiger partial charge is 0.394 e. The van der Waals surface area contributed by atoms with Crippen molar-refractivity contribution in [2.24, 2.45) is 34.6 Å². The quantitative estimate of drug-likeness (QED) is 0.0880. The van der Waals surface area contributed by atoms with Gasteiger partial charge in [-0.05, 0) is 47.5 Å². The summed E-state index contributed by atoms with van der Waals surface area (Å²) in [7, 11) is 0. The van der Waals surface area contributed by atoms with Crippen molar-refractivity contribution in [2.75, 3.05) is 19.8 Å². The standard InChI is InChI=1S/C31H61N5O14/c1-29(2,3)48-24-11(6-14-18(35)22(41)20(39)15(8-32)45-14)16(9-37)47-28(24)50-31(44)25(43)12(33)7-13(34)26(31)49-30(4,5)27-19(36)23(42)21(40)17(10-38)46-27/h11-28,37-44H,6-10,32-36H2,1-5H3/t11-,12+,13?,14+,15-,16+,17?,18?,19?,20+,21+,22?,23+,24-,25?,26+,27?,28?,31-/m0/s1. The van der Waals surface area contributed by atoms with Crippen LogP contribution in [-0.2, 0) is 28.4 Å². The molecule has 0 spiro atoms. The van der Waals surface area contributed by atoms with E-state index in [0.717, 1.165) is 0 Å². The number of hydrogen-bond acceptors (Lipinski definition) is 19. The highest BCUT2D eigenvalue weighted by atomic mass is 16.8. The summed E-state index contributed by atoms with van der Waals surface area (Å²) >= 11 is 0. The first-order valence-corrected chi connectivity index (χ1v) is 17.2. The van der Waals surface area contributed by atoms with Gasteiger partial charge in [0.15, 0.2) is 6.29 Å². The molecule has 4 aliphatic rings. The lowest BCUT2D eigenvalue weighted by Crippen LogP contribution is -2.74. The summed E-state index contributed by atoms with van der Waals surface area (Å²) < 4.78 is 37.0. The molecule has 19 nitrogen and oxygen atoms in total. The summed E-state index contributed by atoms with van der Waals surface area (Å²) in [5, 5.41) is 85.9. The molecule has 4 rings (SSSR count). The SMILES string of the molecule is CC(C)(C)O[C@@H]1C(O[C@@]2(O)C(O)[C@H](N)CC(N)[C@H]2OC(C)(C)C2OC(CO)[C@@H](O)[C@H](O)C2N)O[C@H](CO)[C@@H]1C[C@H]1O[C@@H](CN)[C@@H](O)C(O)C1N. The van der Waals surface area contributed by atoms with Crippen molar-refractivity contribution in [1.82, 2.24) is 0 Å². The monoisotopic (exact) mass is 727 g/mol. The maximum atomic E-state index is 12.3. The van der Waals surface area contributed by atoms with E-state index in [-0.39, 0.29) is 19.4 Å². The molecular weight excluding hydrogens is 666 g/mol. The predicted octanol–water partition coefficient (Wildman–Crippen LogP) is -6.23. The molecule has 1 saturated carbocycles. The average Bonchev–Trinajstić information content (AvgIpc) is 3.34. The molecule has 0 aromatic rings. The highest BCUT2D eigenvalue weighted by Gasteiger charge is 2.62. The van der Waals surface area contributed by atoms with Gasteiger partial charge in [-0.25, -0.2) is 0 Å². The second-order valence-corrected chi connectivity index (χ2v) is 15.7. The second-order valence-electron chi connectivity index (χ2n) is 15.7. The van der Waals surface area contributed by atoms with Crippen LogP contribution < -0.4 is 28.7 Å². The van der Waals surface area contributed by atoms with E-state index in [0.29, 0.717) is 0 Å². The third kappa shape index (κ3) is 8.31. The van der Waals surface area contributed by atoms with Crippen LogP contribution in [0.1, 0.15) is 47.5 Å². The zero-order chi connectivity index (χ0) is 37.7. The molecular formula is C31H61N5O14. The van der Waals surface area contributed by atoms with Gasteiger partial charge in [-0.1, -0.05) is 0 Å². The van der Waals surface area contributed by atoms with Gasteiger partial charge in [0.2, 0.25) is 5.79 Å². The molecule has 0 aromatic heterocycles. The van der Waals surface area contributed by atoms with Crippen LogP contribution in [0.5, 0.6) is 0 Å². The molecule has 0 bridgehead atoms. The van der Waals surface area contributed by atoms with Crippen LogP contribution in [0.2, 0.25) is 0 Å². The Hall–Kier alpha value is -0.760. The van der Waals surface area contributed by atoms with E-state index in [1.54, 1.807) is 20.8 Å². The van der Waals surface area contributed by atoms with E-state index in [1.807, 2.05) is 0 Å². The van der Waals surface area contributed by atoms with Gasteiger partial charge in [0.05, 0.1) is 54.8 Å². The normalized spacial score (nSPS) is 49.3. The Morgan fingerprint density at radius 2 is 1.30 bits per heavy atom. The van der Waals surface area contributed by atoms with Crippen LogP contribution in [0.25, 0.3) is 0 Å². The van der Waals surface area contributed by atoms with Gasteiger partial charge in [0.25, 0.3) is 0 Å². The molecule has 3 aliphatic heterocycles. The van der Waals surface area contributed by atoms with Crippen molar-refractivity contribution < 1.29 is 69.3 Å². The van der Waals surface area contributed by atoms with Crippen molar-refractivity contribution in [3.63, 3.8) is 0 Å². The van der Waals surface area contributed by atoms with Gasteiger partial charge in [-0.3, -0.25) is 0 Å². The van der Waals surface area contributed by atoms with Gasteiger partial charge in [-0.15, -0.1) is 0 Å². The molecule has 19 atom stereocenters. The molecule has 3 heterocycles. The third-order valence-corrected chi connectivity index (χ3v) is 10.4. The van der Waals surface area contributed by atoms with Crippen LogP contribution in [0.3, 0.4) is 0 Å². The topological polar surface area (TPSA) is 347 Å². The van der Waals surface area contributed by atoms with E-state index < -0.39 is 140 Å². The summed E-state index contributed by atoms with van der Waals surface area (Å²) in [5.41, 5.74) is 28.7. The maximum Gasteiger partial charge on any atom is 0.224 e. The van der Waals surface area contributed by atoms with Crippen LogP contribution >= 0.6 is 0 Å². The van der Waals surface area contributed by atoms with E-state index in [9.17, 15) is 40.9 Å². The summed E-state index contributed by atoms with van der Waals surface area (Å²) in [6.45, 7) is 7.11. The molecule has 4 fully saturated rings. The van der Waals surface area contributed by atoms with Gasteiger partial charge >= 0.3 is 0 Å². The second kappa shape index (κ2) is 15.9. The van der Waals surface area contributed by atoms with Crippen LogP contribution in [-0.4, -0.2) is 181 Å². The summed E-state index contributed by atoms with van der Waals surface area (Å²) in [4.78, 5) is 0. The predicted molar refractivity (Wildman–Crippen MR) is 173 cm³/mol. The minimum absolute atomic E-state index is 0.0194. The number of aliphatic hydroxyl groups excluding tert-OH is 7. The van der Waals surface area contributed by atoms with Crippen molar-refractivity contribution in [3.05, 3.63) is 0 Å². The molecule has 1 aliphatic carbocycles. The zero-order valence-corrected chi connectivity index (χ0v) is 29.3. The highest BCUT2D eigenvalue weighted by molar-refractivity contribution is 5.08. The first-order chi connectivity index (χ1) is 23.1. The number of aliphatic hydroxyl groups is 8. The molecule has 0 aromatic carbocycles. The van der Waals surface area contributed by atoms with Gasteiger partial charge in [-0.2, -0.15) is 0 Å². The Morgan fingerprint density at radius 3 is 1.86 bits per heavy atom. The smallest absolute Gasteiger partial charge is 0.224 e. The molecule has 19 heteroatoms. The lowest BCUT2D eigenvalue weighted by atomic mass is 9.80. The molecule has 294 valence electrons. The van der Waals surface area contributed by atoms with Crippen molar-refractivity contribution in [1.29, 1.82) is 0 Å². The van der Waals surface area contributed by atoms with Crippen molar-refractivity contribution >= 4 is 0 Å². The minimum Gasteiger partial charge on any atom is -0.394 e. The van der Waals surface area contributed by atoms with Gasteiger partial charge in [0, 0.05) is 24.5 Å². The Morgan fingerprint density at radius 1 is 0.720 bits per heavy atom. The molecule has 0 radical (unpaired) electrons. The Kier molecular flexibility index (Phi) is 13.4. The fraction of sp³-hybridized carbons (Fsp3) is 1.00. The van der Waals surface area contributed by atoms with Crippen molar-refractivity contribution in [3.8, 4) is 0 Å². The van der Waals surface area contributed by atoms with E-state index in [2.05, 4.69) is 0 Å². The van der Waals surface area contributed by atoms with Crippen LogP contribution in [0, 0.1) is 5.92 Å². The van der Waals surface area contributed by atoms with E-state index in [1.165, 1.54) is 13.8 Å². The molecule has 50 heavy (non-hydrogen) atoms. The minimum atomic E-state index is -2.68. The van der Waals surface area contributed by atoms with Gasteiger partial charge < -0.3 is 97.9 Å². The maximum absolute atomic E-state index is 12.3.